The number of rotatable bonds is 6. The summed E-state index contributed by atoms with van der Waals surface area (Å²) in [7, 11) is 0. The Hall–Kier alpha value is -1.02. The maximum atomic E-state index is 6.08. The van der Waals surface area contributed by atoms with Crippen molar-refractivity contribution >= 4 is 0 Å². The third-order valence-electron chi connectivity index (χ3n) is 2.93. The second-order valence-corrected chi connectivity index (χ2v) is 5.69. The minimum Gasteiger partial charge on any atom is -0.489 e. The van der Waals surface area contributed by atoms with Crippen LogP contribution in [0.15, 0.2) is 18.2 Å². The Balaban J connectivity index is 2.73. The van der Waals surface area contributed by atoms with E-state index in [9.17, 15) is 0 Å². The van der Waals surface area contributed by atoms with Gasteiger partial charge >= 0.3 is 0 Å². The van der Waals surface area contributed by atoms with Gasteiger partial charge in [-0.25, -0.2) is 0 Å². The van der Waals surface area contributed by atoms with E-state index in [1.165, 1.54) is 11.1 Å². The molecule has 0 aliphatic rings. The molecule has 2 heteroatoms. The van der Waals surface area contributed by atoms with Crippen molar-refractivity contribution in [1.82, 2.24) is 5.32 Å². The van der Waals surface area contributed by atoms with E-state index in [0.29, 0.717) is 12.0 Å². The van der Waals surface area contributed by atoms with E-state index in [4.69, 9.17) is 4.74 Å². The standard InChI is InChI=1S/C16H27NO/c1-11(2)15-8-7-13(5)9-16(15)18-14(6)10-17-12(3)4/h7-9,11-12,14,17H,10H2,1-6H3. The molecule has 0 radical (unpaired) electrons. The summed E-state index contributed by atoms with van der Waals surface area (Å²) in [5, 5.41) is 3.40. The first-order chi connectivity index (χ1) is 8.40. The third-order valence-corrected chi connectivity index (χ3v) is 2.93. The van der Waals surface area contributed by atoms with E-state index >= 15 is 0 Å². The van der Waals surface area contributed by atoms with Crippen molar-refractivity contribution in [1.29, 1.82) is 0 Å². The van der Waals surface area contributed by atoms with Gasteiger partial charge in [0.1, 0.15) is 11.9 Å². The monoisotopic (exact) mass is 249 g/mol. The zero-order valence-electron chi connectivity index (χ0n) is 12.6. The van der Waals surface area contributed by atoms with Crippen LogP contribution in [0, 0.1) is 6.92 Å². The van der Waals surface area contributed by atoms with Crippen LogP contribution < -0.4 is 10.1 Å². The molecule has 102 valence electrons. The van der Waals surface area contributed by atoms with Crippen LogP contribution in [0.2, 0.25) is 0 Å². The van der Waals surface area contributed by atoms with E-state index in [1.54, 1.807) is 0 Å². The molecule has 1 rings (SSSR count). The quantitative estimate of drug-likeness (QED) is 0.826. The number of benzene rings is 1. The van der Waals surface area contributed by atoms with Gasteiger partial charge in [-0.15, -0.1) is 0 Å². The van der Waals surface area contributed by atoms with Crippen molar-refractivity contribution in [2.75, 3.05) is 6.54 Å². The van der Waals surface area contributed by atoms with Gasteiger partial charge in [-0.2, -0.15) is 0 Å². The molecule has 0 bridgehead atoms. The lowest BCUT2D eigenvalue weighted by Crippen LogP contribution is -2.33. The largest absolute Gasteiger partial charge is 0.489 e. The molecule has 1 aromatic rings. The van der Waals surface area contributed by atoms with Crippen molar-refractivity contribution in [3.63, 3.8) is 0 Å². The average molecular weight is 249 g/mol. The Labute approximate surface area is 112 Å². The molecular formula is C16H27NO. The molecule has 1 N–H and O–H groups in total. The molecule has 0 fully saturated rings. The SMILES string of the molecule is Cc1ccc(C(C)C)c(OC(C)CNC(C)C)c1. The summed E-state index contributed by atoms with van der Waals surface area (Å²) in [6.45, 7) is 13.8. The van der Waals surface area contributed by atoms with Crippen LogP contribution >= 0.6 is 0 Å². The number of nitrogens with one attached hydrogen (secondary N) is 1. The van der Waals surface area contributed by atoms with E-state index in [1.807, 2.05) is 0 Å². The Morgan fingerprint density at radius 1 is 1.11 bits per heavy atom. The second-order valence-electron chi connectivity index (χ2n) is 5.69. The van der Waals surface area contributed by atoms with Crippen LogP contribution in [-0.4, -0.2) is 18.7 Å². The van der Waals surface area contributed by atoms with E-state index in [2.05, 4.69) is 65.1 Å². The third kappa shape index (κ3) is 4.69. The van der Waals surface area contributed by atoms with Crippen LogP contribution in [0.5, 0.6) is 5.75 Å². The van der Waals surface area contributed by atoms with Crippen molar-refractivity contribution in [3.05, 3.63) is 29.3 Å². The Bertz CT molecular complexity index is 371. The summed E-state index contributed by atoms with van der Waals surface area (Å²) < 4.78 is 6.08. The predicted octanol–water partition coefficient (Wildman–Crippen LogP) is 3.88. The summed E-state index contributed by atoms with van der Waals surface area (Å²) in [4.78, 5) is 0. The minimum absolute atomic E-state index is 0.187. The first kappa shape index (κ1) is 15.0. The number of ether oxygens (including phenoxy) is 1. The van der Waals surface area contributed by atoms with Gasteiger partial charge in [0.15, 0.2) is 0 Å². The van der Waals surface area contributed by atoms with Crippen molar-refractivity contribution < 1.29 is 4.74 Å². The molecule has 1 atom stereocenters. The fourth-order valence-electron chi connectivity index (χ4n) is 1.88. The molecule has 0 aliphatic heterocycles. The van der Waals surface area contributed by atoms with Gasteiger partial charge in [0.25, 0.3) is 0 Å². The highest BCUT2D eigenvalue weighted by Gasteiger charge is 2.11. The van der Waals surface area contributed by atoms with Crippen molar-refractivity contribution in [2.45, 2.75) is 59.6 Å². The first-order valence-electron chi connectivity index (χ1n) is 6.90. The fraction of sp³-hybridized carbons (Fsp3) is 0.625. The summed E-state index contributed by atoms with van der Waals surface area (Å²) >= 11 is 0. The summed E-state index contributed by atoms with van der Waals surface area (Å²) in [6.07, 6.45) is 0.187. The normalized spacial score (nSPS) is 13.1. The van der Waals surface area contributed by atoms with Gasteiger partial charge in [0, 0.05) is 12.6 Å². The molecule has 0 aromatic heterocycles. The zero-order valence-corrected chi connectivity index (χ0v) is 12.6. The lowest BCUT2D eigenvalue weighted by Gasteiger charge is -2.21. The van der Waals surface area contributed by atoms with Gasteiger partial charge in [0.2, 0.25) is 0 Å². The van der Waals surface area contributed by atoms with Gasteiger partial charge in [-0.05, 0) is 37.0 Å². The maximum absolute atomic E-state index is 6.08. The van der Waals surface area contributed by atoms with Crippen LogP contribution in [0.3, 0.4) is 0 Å². The van der Waals surface area contributed by atoms with Gasteiger partial charge in [-0.1, -0.05) is 39.8 Å². The molecule has 1 unspecified atom stereocenters. The Morgan fingerprint density at radius 3 is 2.33 bits per heavy atom. The number of aryl methyl sites for hydroxylation is 1. The molecule has 18 heavy (non-hydrogen) atoms. The van der Waals surface area contributed by atoms with E-state index in [-0.39, 0.29) is 6.10 Å². The second kappa shape index (κ2) is 6.79. The number of hydrogen-bond acceptors (Lipinski definition) is 2. The molecule has 0 aliphatic carbocycles. The average Bonchev–Trinajstić information content (AvgIpc) is 2.26. The lowest BCUT2D eigenvalue weighted by atomic mass is 10.0. The van der Waals surface area contributed by atoms with Crippen molar-refractivity contribution in [2.24, 2.45) is 0 Å². The van der Waals surface area contributed by atoms with E-state index in [0.717, 1.165) is 12.3 Å². The highest BCUT2D eigenvalue weighted by Crippen LogP contribution is 2.28. The molecule has 0 heterocycles. The minimum atomic E-state index is 0.187. The topological polar surface area (TPSA) is 21.3 Å². The Kier molecular flexibility index (Phi) is 5.67. The summed E-state index contributed by atoms with van der Waals surface area (Å²) in [5.41, 5.74) is 2.54. The molecule has 2 nitrogen and oxygen atoms in total. The van der Waals surface area contributed by atoms with Gasteiger partial charge < -0.3 is 10.1 Å². The lowest BCUT2D eigenvalue weighted by molar-refractivity contribution is 0.211. The zero-order chi connectivity index (χ0) is 13.7. The molecular weight excluding hydrogens is 222 g/mol. The van der Waals surface area contributed by atoms with Gasteiger partial charge in [0.05, 0.1) is 0 Å². The summed E-state index contributed by atoms with van der Waals surface area (Å²) in [6, 6.07) is 6.97. The van der Waals surface area contributed by atoms with E-state index < -0.39 is 0 Å². The first-order valence-corrected chi connectivity index (χ1v) is 6.90. The molecule has 0 saturated heterocycles. The van der Waals surface area contributed by atoms with Gasteiger partial charge in [-0.3, -0.25) is 0 Å². The fourth-order valence-corrected chi connectivity index (χ4v) is 1.88. The smallest absolute Gasteiger partial charge is 0.123 e. The van der Waals surface area contributed by atoms with Crippen LogP contribution in [0.4, 0.5) is 0 Å². The van der Waals surface area contributed by atoms with Crippen LogP contribution in [0.1, 0.15) is 51.7 Å². The van der Waals surface area contributed by atoms with Crippen molar-refractivity contribution in [3.8, 4) is 5.75 Å². The molecule has 0 amide bonds. The highest BCUT2D eigenvalue weighted by atomic mass is 16.5. The predicted molar refractivity (Wildman–Crippen MR) is 78.5 cm³/mol. The summed E-state index contributed by atoms with van der Waals surface area (Å²) in [5.74, 6) is 1.52. The molecule has 0 spiro atoms. The molecule has 1 aromatic carbocycles. The number of hydrogen-bond donors (Lipinski definition) is 1. The maximum Gasteiger partial charge on any atom is 0.123 e. The highest BCUT2D eigenvalue weighted by molar-refractivity contribution is 5.39. The van der Waals surface area contributed by atoms with Crippen LogP contribution in [-0.2, 0) is 0 Å². The Morgan fingerprint density at radius 2 is 1.78 bits per heavy atom. The van der Waals surface area contributed by atoms with Crippen LogP contribution in [0.25, 0.3) is 0 Å². The molecule has 0 saturated carbocycles.